The third-order valence-electron chi connectivity index (χ3n) is 2.59. The molecule has 0 amide bonds. The van der Waals surface area contributed by atoms with Gasteiger partial charge in [-0.25, -0.2) is 0 Å². The van der Waals surface area contributed by atoms with Crippen LogP contribution in [0.4, 0.5) is 0 Å². The Balaban J connectivity index is 2.45. The summed E-state index contributed by atoms with van der Waals surface area (Å²) < 4.78 is 0. The molecule has 1 aromatic rings. The summed E-state index contributed by atoms with van der Waals surface area (Å²) in [7, 11) is 2.14. The van der Waals surface area contributed by atoms with Gasteiger partial charge in [-0.15, -0.1) is 0 Å². The van der Waals surface area contributed by atoms with E-state index in [2.05, 4.69) is 36.8 Å². The second-order valence-electron chi connectivity index (χ2n) is 4.74. The molecule has 1 heterocycles. The third-order valence-corrected chi connectivity index (χ3v) is 2.59. The zero-order valence-electron chi connectivity index (χ0n) is 10.6. The van der Waals surface area contributed by atoms with Crippen LogP contribution >= 0.6 is 0 Å². The molecule has 1 rings (SSSR count). The molecule has 0 saturated heterocycles. The summed E-state index contributed by atoms with van der Waals surface area (Å²) in [6, 6.07) is 6.06. The standard InChI is InChI=1S/C13H23N3/c1-11(2)7-8-16(3)10-13-6-4-5-12(9-14)15-13/h4-6,11H,7-10,14H2,1-3H3. The van der Waals surface area contributed by atoms with Crippen molar-refractivity contribution in [1.29, 1.82) is 0 Å². The Kier molecular flexibility index (Phi) is 5.43. The molecule has 2 N–H and O–H groups in total. The molecule has 0 unspecified atom stereocenters. The molecule has 0 aliphatic carbocycles. The van der Waals surface area contributed by atoms with E-state index in [1.54, 1.807) is 0 Å². The van der Waals surface area contributed by atoms with Crippen LogP contribution in [0.2, 0.25) is 0 Å². The molecular weight excluding hydrogens is 198 g/mol. The predicted octanol–water partition coefficient (Wildman–Crippen LogP) is 2.02. The quantitative estimate of drug-likeness (QED) is 0.799. The van der Waals surface area contributed by atoms with E-state index in [-0.39, 0.29) is 0 Å². The molecule has 0 spiro atoms. The van der Waals surface area contributed by atoms with E-state index in [1.807, 2.05) is 12.1 Å². The number of aromatic nitrogens is 1. The van der Waals surface area contributed by atoms with E-state index < -0.39 is 0 Å². The van der Waals surface area contributed by atoms with Crippen LogP contribution < -0.4 is 5.73 Å². The molecule has 90 valence electrons. The SMILES string of the molecule is CC(C)CCN(C)Cc1cccc(CN)n1. The van der Waals surface area contributed by atoms with Gasteiger partial charge in [0.2, 0.25) is 0 Å². The predicted molar refractivity (Wildman–Crippen MR) is 67.9 cm³/mol. The van der Waals surface area contributed by atoms with Crippen LogP contribution in [0.5, 0.6) is 0 Å². The first-order valence-electron chi connectivity index (χ1n) is 5.95. The first-order chi connectivity index (χ1) is 7.61. The van der Waals surface area contributed by atoms with Gasteiger partial charge in [-0.3, -0.25) is 4.98 Å². The fraction of sp³-hybridized carbons (Fsp3) is 0.615. The van der Waals surface area contributed by atoms with Crippen LogP contribution in [0.25, 0.3) is 0 Å². The van der Waals surface area contributed by atoms with Gasteiger partial charge in [0.1, 0.15) is 0 Å². The van der Waals surface area contributed by atoms with Crippen molar-refractivity contribution in [3.8, 4) is 0 Å². The molecule has 0 aliphatic heterocycles. The van der Waals surface area contributed by atoms with Gasteiger partial charge >= 0.3 is 0 Å². The Morgan fingerprint density at radius 2 is 2.00 bits per heavy atom. The fourth-order valence-corrected chi connectivity index (χ4v) is 1.57. The highest BCUT2D eigenvalue weighted by Crippen LogP contribution is 2.05. The monoisotopic (exact) mass is 221 g/mol. The maximum atomic E-state index is 5.57. The maximum Gasteiger partial charge on any atom is 0.0547 e. The van der Waals surface area contributed by atoms with Crippen molar-refractivity contribution in [2.45, 2.75) is 33.4 Å². The number of nitrogens with two attached hydrogens (primary N) is 1. The number of hydrogen-bond donors (Lipinski definition) is 1. The minimum Gasteiger partial charge on any atom is -0.325 e. The van der Waals surface area contributed by atoms with Gasteiger partial charge in [-0.1, -0.05) is 19.9 Å². The van der Waals surface area contributed by atoms with Gasteiger partial charge in [0, 0.05) is 13.1 Å². The molecule has 0 bridgehead atoms. The summed E-state index contributed by atoms with van der Waals surface area (Å²) >= 11 is 0. The average molecular weight is 221 g/mol. The molecule has 3 heteroatoms. The lowest BCUT2D eigenvalue weighted by atomic mass is 10.1. The highest BCUT2D eigenvalue weighted by Gasteiger charge is 2.03. The van der Waals surface area contributed by atoms with E-state index in [0.717, 1.165) is 30.4 Å². The van der Waals surface area contributed by atoms with Gasteiger partial charge in [-0.2, -0.15) is 0 Å². The van der Waals surface area contributed by atoms with Crippen molar-refractivity contribution in [2.75, 3.05) is 13.6 Å². The van der Waals surface area contributed by atoms with Crippen LogP contribution in [0.3, 0.4) is 0 Å². The molecule has 0 fully saturated rings. The number of hydrogen-bond acceptors (Lipinski definition) is 3. The summed E-state index contributed by atoms with van der Waals surface area (Å²) in [5.41, 5.74) is 7.64. The highest BCUT2D eigenvalue weighted by molar-refractivity contribution is 5.10. The fourth-order valence-electron chi connectivity index (χ4n) is 1.57. The van der Waals surface area contributed by atoms with Crippen molar-refractivity contribution in [3.63, 3.8) is 0 Å². The smallest absolute Gasteiger partial charge is 0.0547 e. The number of pyridine rings is 1. The molecule has 0 aromatic carbocycles. The summed E-state index contributed by atoms with van der Waals surface area (Å²) in [6.07, 6.45) is 1.23. The first kappa shape index (κ1) is 13.1. The van der Waals surface area contributed by atoms with Crippen molar-refractivity contribution in [2.24, 2.45) is 11.7 Å². The Morgan fingerprint density at radius 3 is 2.62 bits per heavy atom. The van der Waals surface area contributed by atoms with Gasteiger partial charge in [0.25, 0.3) is 0 Å². The van der Waals surface area contributed by atoms with E-state index in [9.17, 15) is 0 Å². The van der Waals surface area contributed by atoms with Crippen molar-refractivity contribution < 1.29 is 0 Å². The van der Waals surface area contributed by atoms with E-state index in [4.69, 9.17) is 5.73 Å². The second-order valence-corrected chi connectivity index (χ2v) is 4.74. The lowest BCUT2D eigenvalue weighted by molar-refractivity contribution is 0.300. The molecule has 16 heavy (non-hydrogen) atoms. The van der Waals surface area contributed by atoms with Crippen molar-refractivity contribution in [1.82, 2.24) is 9.88 Å². The lowest BCUT2D eigenvalue weighted by Crippen LogP contribution is -2.21. The van der Waals surface area contributed by atoms with Crippen LogP contribution in [-0.4, -0.2) is 23.5 Å². The Hall–Kier alpha value is -0.930. The lowest BCUT2D eigenvalue weighted by Gasteiger charge is -2.17. The van der Waals surface area contributed by atoms with Gasteiger partial charge in [0.05, 0.1) is 11.4 Å². The topological polar surface area (TPSA) is 42.1 Å². The van der Waals surface area contributed by atoms with Crippen molar-refractivity contribution >= 4 is 0 Å². The van der Waals surface area contributed by atoms with Crippen LogP contribution in [0, 0.1) is 5.92 Å². The number of rotatable bonds is 6. The molecular formula is C13H23N3. The largest absolute Gasteiger partial charge is 0.325 e. The summed E-state index contributed by atoms with van der Waals surface area (Å²) in [4.78, 5) is 6.80. The zero-order valence-corrected chi connectivity index (χ0v) is 10.6. The third kappa shape index (κ3) is 4.73. The van der Waals surface area contributed by atoms with Crippen LogP contribution in [0.1, 0.15) is 31.7 Å². The Morgan fingerprint density at radius 1 is 1.31 bits per heavy atom. The molecule has 0 atom stereocenters. The van der Waals surface area contributed by atoms with E-state index in [0.29, 0.717) is 6.54 Å². The van der Waals surface area contributed by atoms with Gasteiger partial charge in [-0.05, 0) is 38.1 Å². The number of nitrogens with zero attached hydrogens (tertiary/aromatic N) is 2. The second kappa shape index (κ2) is 6.61. The van der Waals surface area contributed by atoms with Gasteiger partial charge in [0.15, 0.2) is 0 Å². The van der Waals surface area contributed by atoms with Gasteiger partial charge < -0.3 is 10.6 Å². The Bertz CT molecular complexity index is 310. The Labute approximate surface area is 98.7 Å². The summed E-state index contributed by atoms with van der Waals surface area (Å²) in [5, 5.41) is 0. The first-order valence-corrected chi connectivity index (χ1v) is 5.95. The molecule has 0 saturated carbocycles. The van der Waals surface area contributed by atoms with Crippen LogP contribution in [-0.2, 0) is 13.1 Å². The zero-order chi connectivity index (χ0) is 12.0. The normalized spacial score (nSPS) is 11.4. The summed E-state index contributed by atoms with van der Waals surface area (Å²) in [5.74, 6) is 0.755. The maximum absolute atomic E-state index is 5.57. The summed E-state index contributed by atoms with van der Waals surface area (Å²) in [6.45, 7) is 7.04. The van der Waals surface area contributed by atoms with E-state index >= 15 is 0 Å². The molecule has 0 radical (unpaired) electrons. The highest BCUT2D eigenvalue weighted by atomic mass is 15.1. The average Bonchev–Trinajstić information content (AvgIpc) is 2.26. The van der Waals surface area contributed by atoms with Crippen LogP contribution in [0.15, 0.2) is 18.2 Å². The molecule has 0 aliphatic rings. The molecule has 1 aromatic heterocycles. The van der Waals surface area contributed by atoms with Crippen molar-refractivity contribution in [3.05, 3.63) is 29.6 Å². The molecule has 3 nitrogen and oxygen atoms in total. The minimum absolute atomic E-state index is 0.517. The van der Waals surface area contributed by atoms with E-state index in [1.165, 1.54) is 6.42 Å². The minimum atomic E-state index is 0.517.